The Bertz CT molecular complexity index is 1210. The van der Waals surface area contributed by atoms with Crippen molar-refractivity contribution in [3.63, 3.8) is 0 Å². The third kappa shape index (κ3) is 2.96. The third-order valence-electron chi connectivity index (χ3n) is 4.20. The summed E-state index contributed by atoms with van der Waals surface area (Å²) in [6.07, 6.45) is 1.71. The molecule has 0 aliphatic carbocycles. The van der Waals surface area contributed by atoms with Gasteiger partial charge in [-0.3, -0.25) is 4.79 Å². The maximum absolute atomic E-state index is 12.4. The Hall–Kier alpha value is -3.51. The van der Waals surface area contributed by atoms with E-state index in [-0.39, 0.29) is 11.7 Å². The van der Waals surface area contributed by atoms with E-state index in [2.05, 4.69) is 15.3 Å². The van der Waals surface area contributed by atoms with Gasteiger partial charge in [0.1, 0.15) is 16.4 Å². The average Bonchev–Trinajstić information content (AvgIpc) is 3.32. The van der Waals surface area contributed by atoms with Crippen LogP contribution in [-0.2, 0) is 0 Å². The summed E-state index contributed by atoms with van der Waals surface area (Å²) in [4.78, 5) is 21.4. The van der Waals surface area contributed by atoms with Gasteiger partial charge in [-0.25, -0.2) is 9.97 Å². The van der Waals surface area contributed by atoms with Gasteiger partial charge in [-0.15, -0.1) is 11.3 Å². The molecule has 3 aromatic heterocycles. The highest BCUT2D eigenvalue weighted by Crippen LogP contribution is 2.30. The Morgan fingerprint density at radius 2 is 1.85 bits per heavy atom. The van der Waals surface area contributed by atoms with Crippen molar-refractivity contribution in [3.05, 3.63) is 78.7 Å². The summed E-state index contributed by atoms with van der Waals surface area (Å²) in [5.41, 5.74) is 2.57. The van der Waals surface area contributed by atoms with Crippen LogP contribution in [0.5, 0.6) is 0 Å². The Morgan fingerprint density at radius 1 is 1.00 bits per heavy atom. The maximum Gasteiger partial charge on any atom is 0.292 e. The van der Waals surface area contributed by atoms with Crippen LogP contribution in [0.3, 0.4) is 0 Å². The van der Waals surface area contributed by atoms with Crippen molar-refractivity contribution in [2.75, 3.05) is 5.32 Å². The van der Waals surface area contributed by atoms with Crippen LogP contribution in [0.25, 0.3) is 31.8 Å². The predicted octanol–water partition coefficient (Wildman–Crippen LogP) is 5.36. The van der Waals surface area contributed by atoms with E-state index in [1.807, 2.05) is 54.6 Å². The first-order chi connectivity index (χ1) is 13.3. The number of hydrogen-bond acceptors (Lipinski definition) is 5. The molecular weight excluding hydrogens is 358 g/mol. The second kappa shape index (κ2) is 6.34. The lowest BCUT2D eigenvalue weighted by Gasteiger charge is -2.02. The smallest absolute Gasteiger partial charge is 0.292 e. The predicted molar refractivity (Wildman–Crippen MR) is 107 cm³/mol. The standard InChI is InChI=1S/C21H13N3O2S/c25-20(17-11-13-5-1-3-7-16(13)26-17)24-19-10-9-14(12-22-19)21-23-15-6-2-4-8-18(15)27-21/h1-12H,(H,22,24,25). The van der Waals surface area contributed by atoms with Crippen LogP contribution in [0.4, 0.5) is 5.82 Å². The molecule has 5 nitrogen and oxygen atoms in total. The zero-order chi connectivity index (χ0) is 18.2. The maximum atomic E-state index is 12.4. The first kappa shape index (κ1) is 15.7. The number of carbonyl (C=O) groups is 1. The fraction of sp³-hybridized carbons (Fsp3) is 0. The lowest BCUT2D eigenvalue weighted by Crippen LogP contribution is -2.11. The van der Waals surface area contributed by atoms with E-state index in [9.17, 15) is 4.79 Å². The number of benzene rings is 2. The highest BCUT2D eigenvalue weighted by atomic mass is 32.1. The van der Waals surface area contributed by atoms with Gasteiger partial charge < -0.3 is 9.73 Å². The molecule has 0 unspecified atom stereocenters. The van der Waals surface area contributed by atoms with Crippen molar-refractivity contribution in [1.82, 2.24) is 9.97 Å². The number of hydrogen-bond donors (Lipinski definition) is 1. The first-order valence-electron chi connectivity index (χ1n) is 8.38. The molecule has 0 bridgehead atoms. The molecule has 3 heterocycles. The highest BCUT2D eigenvalue weighted by Gasteiger charge is 2.13. The number of carbonyl (C=O) groups excluding carboxylic acids is 1. The van der Waals surface area contributed by atoms with Crippen LogP contribution in [0.15, 0.2) is 77.3 Å². The van der Waals surface area contributed by atoms with Gasteiger partial charge in [-0.1, -0.05) is 30.3 Å². The molecule has 0 saturated heterocycles. The number of fused-ring (bicyclic) bond motifs is 2. The van der Waals surface area contributed by atoms with Crippen molar-refractivity contribution in [1.29, 1.82) is 0 Å². The van der Waals surface area contributed by atoms with Gasteiger partial charge in [-0.2, -0.15) is 0 Å². The van der Waals surface area contributed by atoms with Gasteiger partial charge in [-0.05, 0) is 36.4 Å². The van der Waals surface area contributed by atoms with Crippen molar-refractivity contribution >= 4 is 44.2 Å². The molecule has 0 aliphatic rings. The molecule has 2 aromatic carbocycles. The van der Waals surface area contributed by atoms with E-state index in [0.717, 1.165) is 26.2 Å². The Morgan fingerprint density at radius 3 is 2.67 bits per heavy atom. The minimum atomic E-state index is -0.327. The number of amides is 1. The van der Waals surface area contributed by atoms with E-state index >= 15 is 0 Å². The van der Waals surface area contributed by atoms with Gasteiger partial charge in [0.15, 0.2) is 5.76 Å². The van der Waals surface area contributed by atoms with Crippen molar-refractivity contribution in [2.45, 2.75) is 0 Å². The summed E-state index contributed by atoms with van der Waals surface area (Å²) >= 11 is 1.62. The van der Waals surface area contributed by atoms with Gasteiger partial charge >= 0.3 is 0 Å². The van der Waals surface area contributed by atoms with Crippen LogP contribution >= 0.6 is 11.3 Å². The molecule has 0 aliphatic heterocycles. The molecule has 0 atom stereocenters. The zero-order valence-corrected chi connectivity index (χ0v) is 14.9. The molecule has 0 fully saturated rings. The summed E-state index contributed by atoms with van der Waals surface area (Å²) in [5.74, 6) is 0.394. The van der Waals surface area contributed by atoms with Crippen LogP contribution in [-0.4, -0.2) is 15.9 Å². The Balaban J connectivity index is 1.37. The van der Waals surface area contributed by atoms with E-state index in [4.69, 9.17) is 4.42 Å². The van der Waals surface area contributed by atoms with Crippen LogP contribution in [0, 0.1) is 0 Å². The summed E-state index contributed by atoms with van der Waals surface area (Å²) in [6, 6.07) is 20.9. The number of rotatable bonds is 3. The number of anilines is 1. The zero-order valence-electron chi connectivity index (χ0n) is 14.0. The Labute approximate surface area is 158 Å². The van der Waals surface area contributed by atoms with Crippen LogP contribution in [0.1, 0.15) is 10.6 Å². The largest absolute Gasteiger partial charge is 0.451 e. The summed E-state index contributed by atoms with van der Waals surface area (Å²) in [7, 11) is 0. The molecule has 1 amide bonds. The molecule has 5 aromatic rings. The Kier molecular flexibility index (Phi) is 3.69. The highest BCUT2D eigenvalue weighted by molar-refractivity contribution is 7.21. The summed E-state index contributed by atoms with van der Waals surface area (Å²) in [5, 5.41) is 4.56. The third-order valence-corrected chi connectivity index (χ3v) is 5.28. The normalized spacial score (nSPS) is 11.1. The molecule has 6 heteroatoms. The molecular formula is C21H13N3O2S. The van der Waals surface area contributed by atoms with E-state index in [1.165, 1.54) is 0 Å². The molecule has 0 spiro atoms. The van der Waals surface area contributed by atoms with Gasteiger partial charge in [0.2, 0.25) is 0 Å². The average molecular weight is 371 g/mol. The summed E-state index contributed by atoms with van der Waals surface area (Å²) < 4.78 is 6.71. The van der Waals surface area contributed by atoms with E-state index < -0.39 is 0 Å². The number of pyridine rings is 1. The molecule has 0 saturated carbocycles. The number of nitrogens with one attached hydrogen (secondary N) is 1. The molecule has 5 rings (SSSR count). The lowest BCUT2D eigenvalue weighted by molar-refractivity contribution is 0.0998. The number of para-hydroxylation sites is 2. The second-order valence-corrected chi connectivity index (χ2v) is 7.05. The van der Waals surface area contributed by atoms with Crippen LogP contribution in [0.2, 0.25) is 0 Å². The summed E-state index contributed by atoms with van der Waals surface area (Å²) in [6.45, 7) is 0. The van der Waals surface area contributed by atoms with Crippen molar-refractivity contribution < 1.29 is 9.21 Å². The number of aromatic nitrogens is 2. The van der Waals surface area contributed by atoms with Gasteiger partial charge in [0.25, 0.3) is 5.91 Å². The second-order valence-electron chi connectivity index (χ2n) is 6.02. The molecule has 130 valence electrons. The molecule has 27 heavy (non-hydrogen) atoms. The van der Waals surface area contributed by atoms with Crippen LogP contribution < -0.4 is 5.32 Å². The van der Waals surface area contributed by atoms with E-state index in [1.54, 1.807) is 29.7 Å². The van der Waals surface area contributed by atoms with Gasteiger partial charge in [0, 0.05) is 17.1 Å². The fourth-order valence-electron chi connectivity index (χ4n) is 2.86. The number of furan rings is 1. The van der Waals surface area contributed by atoms with Crippen molar-refractivity contribution in [2.24, 2.45) is 0 Å². The van der Waals surface area contributed by atoms with E-state index in [0.29, 0.717) is 11.4 Å². The SMILES string of the molecule is O=C(Nc1ccc(-c2nc3ccccc3s2)cn1)c1cc2ccccc2o1. The van der Waals surface area contributed by atoms with Gasteiger partial charge in [0.05, 0.1) is 10.2 Å². The number of nitrogens with zero attached hydrogens (tertiary/aromatic N) is 2. The minimum Gasteiger partial charge on any atom is -0.451 e. The van der Waals surface area contributed by atoms with Crippen molar-refractivity contribution in [3.8, 4) is 10.6 Å². The molecule has 0 radical (unpaired) electrons. The minimum absolute atomic E-state index is 0.258. The molecule has 1 N–H and O–H groups in total. The first-order valence-corrected chi connectivity index (χ1v) is 9.20. The quantitative estimate of drug-likeness (QED) is 0.464. The fourth-order valence-corrected chi connectivity index (χ4v) is 3.82. The monoisotopic (exact) mass is 371 g/mol. The lowest BCUT2D eigenvalue weighted by atomic mass is 10.2. The topological polar surface area (TPSA) is 68.0 Å². The number of thiazole rings is 1.